The fourth-order valence-electron chi connectivity index (χ4n) is 2.67. The lowest BCUT2D eigenvalue weighted by Crippen LogP contribution is -2.15. The van der Waals surface area contributed by atoms with Crippen LogP contribution in [-0.4, -0.2) is 15.3 Å². The summed E-state index contributed by atoms with van der Waals surface area (Å²) in [4.78, 5) is 28.3. The number of hydrogen-bond donors (Lipinski definition) is 2. The van der Waals surface area contributed by atoms with E-state index in [-0.39, 0.29) is 11.5 Å². The van der Waals surface area contributed by atoms with Gasteiger partial charge in [0, 0.05) is 15.2 Å². The highest BCUT2D eigenvalue weighted by molar-refractivity contribution is 9.10. The number of carbonyl (C=O) groups excluding carboxylic acids is 1. The topological polar surface area (TPSA) is 66.4 Å². The van der Waals surface area contributed by atoms with Gasteiger partial charge in [-0.25, -0.2) is 0 Å². The molecule has 2 N–H and O–H groups in total. The van der Waals surface area contributed by atoms with E-state index in [9.17, 15) is 9.59 Å². The molecule has 0 saturated heterocycles. The van der Waals surface area contributed by atoms with Crippen LogP contribution in [0.4, 0.5) is 5.69 Å². The van der Waals surface area contributed by atoms with E-state index in [0.717, 1.165) is 15.8 Å². The molecule has 0 aliphatic heterocycles. The number of amides is 1. The molecule has 2 aromatic heterocycles. The summed E-state index contributed by atoms with van der Waals surface area (Å²) in [5.41, 5.74) is 1.30. The van der Waals surface area contributed by atoms with Crippen molar-refractivity contribution in [2.24, 2.45) is 0 Å². The Hall–Kier alpha value is -2.00. The first-order valence-corrected chi connectivity index (χ1v) is 9.77. The van der Waals surface area contributed by atoms with E-state index in [1.807, 2.05) is 6.07 Å². The predicted octanol–water partition coefficient (Wildman–Crippen LogP) is 5.24. The summed E-state index contributed by atoms with van der Waals surface area (Å²) in [6, 6.07) is 12.2. The molecule has 4 rings (SSSR count). The summed E-state index contributed by atoms with van der Waals surface area (Å²) >= 11 is 15.9. The normalized spacial score (nSPS) is 11.2. The minimum absolute atomic E-state index is 0.286. The van der Waals surface area contributed by atoms with E-state index in [0.29, 0.717) is 36.1 Å². The molecule has 26 heavy (non-hydrogen) atoms. The van der Waals surface area contributed by atoms with Gasteiger partial charge in [0.05, 0.1) is 10.9 Å². The number of fused-ring (bicyclic) bond motifs is 3. The molecule has 0 atom stereocenters. The van der Waals surface area contributed by atoms with Crippen LogP contribution in [0.25, 0.3) is 16.6 Å². The van der Waals surface area contributed by atoms with Gasteiger partial charge in [-0.2, -0.15) is 0 Å². The number of benzene rings is 2. The summed E-state index contributed by atoms with van der Waals surface area (Å²) < 4.78 is 2.96. The number of thiazole rings is 1. The van der Waals surface area contributed by atoms with Crippen LogP contribution in [0.1, 0.15) is 9.67 Å². The molecule has 0 saturated carbocycles. The molecule has 0 unspecified atom stereocenters. The molecule has 9 heteroatoms. The lowest BCUT2D eigenvalue weighted by molar-refractivity contribution is 0.103. The van der Waals surface area contributed by atoms with Crippen LogP contribution < -0.4 is 10.9 Å². The number of aromatic nitrogens is 2. The number of H-pyrrole nitrogens is 1. The molecule has 2 aromatic carbocycles. The highest BCUT2D eigenvalue weighted by atomic mass is 79.9. The average molecular weight is 467 g/mol. The van der Waals surface area contributed by atoms with Crippen LogP contribution in [0.2, 0.25) is 5.02 Å². The molecule has 5 nitrogen and oxygen atoms in total. The first-order chi connectivity index (χ1) is 12.4. The third-order valence-corrected chi connectivity index (χ3v) is 5.88. The molecule has 1 amide bonds. The van der Waals surface area contributed by atoms with Gasteiger partial charge in [0.25, 0.3) is 11.5 Å². The van der Waals surface area contributed by atoms with Gasteiger partial charge in [-0.05, 0) is 48.6 Å². The van der Waals surface area contributed by atoms with Gasteiger partial charge in [0.2, 0.25) is 0 Å². The smallest absolute Gasteiger partial charge is 0.269 e. The van der Waals surface area contributed by atoms with E-state index in [4.69, 9.17) is 23.8 Å². The van der Waals surface area contributed by atoms with Crippen LogP contribution in [0, 0.1) is 3.95 Å². The SMILES string of the molecule is O=C(Nc1cccc(Cl)c1)c1sc(=S)n2c1[nH]c(=O)c1cc(Br)ccc12. The molecular weight excluding hydrogens is 458 g/mol. The minimum atomic E-state index is -0.363. The Balaban J connectivity index is 1.90. The molecule has 2 heterocycles. The van der Waals surface area contributed by atoms with Gasteiger partial charge in [-0.1, -0.05) is 44.9 Å². The van der Waals surface area contributed by atoms with E-state index in [1.165, 1.54) is 0 Å². The zero-order chi connectivity index (χ0) is 18.4. The average Bonchev–Trinajstić information content (AvgIpc) is 2.92. The molecule has 0 radical (unpaired) electrons. The van der Waals surface area contributed by atoms with Gasteiger partial charge in [0.15, 0.2) is 3.95 Å². The van der Waals surface area contributed by atoms with Crippen LogP contribution in [-0.2, 0) is 0 Å². The zero-order valence-corrected chi connectivity index (χ0v) is 16.9. The summed E-state index contributed by atoms with van der Waals surface area (Å²) in [6.07, 6.45) is 0. The molecular formula is C17H9BrClN3O2S2. The standard InChI is InChI=1S/C17H9BrClN3O2S2/c18-8-4-5-12-11(6-8)15(23)21-14-13(26-17(25)22(12)14)16(24)20-10-3-1-2-9(19)7-10/h1-7H,(H,20,24)(H,21,23). The summed E-state index contributed by atoms with van der Waals surface area (Å²) in [7, 11) is 0. The molecule has 0 bridgehead atoms. The second-order valence-corrected chi connectivity index (χ2v) is 8.46. The molecule has 0 aliphatic rings. The molecule has 0 aliphatic carbocycles. The Morgan fingerprint density at radius 2 is 2.08 bits per heavy atom. The first kappa shape index (κ1) is 17.4. The van der Waals surface area contributed by atoms with Crippen LogP contribution >= 0.6 is 51.1 Å². The van der Waals surface area contributed by atoms with Crippen LogP contribution in [0.5, 0.6) is 0 Å². The van der Waals surface area contributed by atoms with E-state index >= 15 is 0 Å². The molecule has 0 spiro atoms. The van der Waals surface area contributed by atoms with Gasteiger partial charge in [-0.3, -0.25) is 14.0 Å². The van der Waals surface area contributed by atoms with Gasteiger partial charge < -0.3 is 10.3 Å². The van der Waals surface area contributed by atoms with Crippen molar-refractivity contribution in [3.05, 3.63) is 71.1 Å². The Bertz CT molecular complexity index is 1310. The van der Waals surface area contributed by atoms with Crippen molar-refractivity contribution in [2.45, 2.75) is 0 Å². The third kappa shape index (κ3) is 2.99. The maximum Gasteiger partial charge on any atom is 0.269 e. The van der Waals surface area contributed by atoms with E-state index in [2.05, 4.69) is 26.2 Å². The zero-order valence-electron chi connectivity index (χ0n) is 12.9. The van der Waals surface area contributed by atoms with Gasteiger partial charge in [0.1, 0.15) is 10.5 Å². The maximum atomic E-state index is 12.7. The largest absolute Gasteiger partial charge is 0.321 e. The number of nitrogens with zero attached hydrogens (tertiary/aromatic N) is 1. The number of carbonyl (C=O) groups is 1. The van der Waals surface area contributed by atoms with Crippen molar-refractivity contribution in [1.82, 2.24) is 9.38 Å². The number of hydrogen-bond acceptors (Lipinski definition) is 4. The van der Waals surface area contributed by atoms with Crippen molar-refractivity contribution < 1.29 is 4.79 Å². The van der Waals surface area contributed by atoms with Crippen molar-refractivity contribution in [3.8, 4) is 0 Å². The van der Waals surface area contributed by atoms with Crippen LogP contribution in [0.15, 0.2) is 51.7 Å². The Morgan fingerprint density at radius 1 is 1.27 bits per heavy atom. The second-order valence-electron chi connectivity index (χ2n) is 5.46. The molecule has 4 aromatic rings. The summed E-state index contributed by atoms with van der Waals surface area (Å²) in [5.74, 6) is -0.363. The number of anilines is 1. The quantitative estimate of drug-likeness (QED) is 0.397. The van der Waals surface area contributed by atoms with Crippen molar-refractivity contribution >= 4 is 79.2 Å². The second kappa shape index (κ2) is 6.62. The van der Waals surface area contributed by atoms with Crippen molar-refractivity contribution in [1.29, 1.82) is 0 Å². The van der Waals surface area contributed by atoms with Crippen molar-refractivity contribution in [3.63, 3.8) is 0 Å². The Labute approximate surface area is 169 Å². The fourth-order valence-corrected chi connectivity index (χ4v) is 4.50. The lowest BCUT2D eigenvalue weighted by Gasteiger charge is -2.06. The van der Waals surface area contributed by atoms with Crippen molar-refractivity contribution in [2.75, 3.05) is 5.32 Å². The van der Waals surface area contributed by atoms with E-state index in [1.54, 1.807) is 40.8 Å². The first-order valence-electron chi connectivity index (χ1n) is 7.38. The Kier molecular flexibility index (Phi) is 4.44. The number of nitrogens with one attached hydrogen (secondary N) is 2. The predicted molar refractivity (Wildman–Crippen MR) is 111 cm³/mol. The van der Waals surface area contributed by atoms with E-state index < -0.39 is 0 Å². The monoisotopic (exact) mass is 465 g/mol. The highest BCUT2D eigenvalue weighted by Gasteiger charge is 2.18. The number of halogens is 2. The molecule has 0 fully saturated rings. The fraction of sp³-hybridized carbons (Fsp3) is 0. The van der Waals surface area contributed by atoms with Gasteiger partial charge in [-0.15, -0.1) is 0 Å². The third-order valence-electron chi connectivity index (χ3n) is 3.78. The summed E-state index contributed by atoms with van der Waals surface area (Å²) in [6.45, 7) is 0. The highest BCUT2D eigenvalue weighted by Crippen LogP contribution is 2.25. The Morgan fingerprint density at radius 3 is 2.85 bits per heavy atom. The minimum Gasteiger partial charge on any atom is -0.321 e. The van der Waals surface area contributed by atoms with Gasteiger partial charge >= 0.3 is 0 Å². The molecule has 130 valence electrons. The van der Waals surface area contributed by atoms with Crippen LogP contribution in [0.3, 0.4) is 0 Å². The summed E-state index contributed by atoms with van der Waals surface area (Å²) in [5, 5.41) is 3.78. The lowest BCUT2D eigenvalue weighted by atomic mass is 10.2. The maximum absolute atomic E-state index is 12.7. The number of rotatable bonds is 2. The number of aromatic amines is 1.